The van der Waals surface area contributed by atoms with Gasteiger partial charge in [-0.1, -0.05) is 6.92 Å². The molecule has 0 heterocycles. The number of carbonyl (C=O) groups is 1. The predicted octanol–water partition coefficient (Wildman–Crippen LogP) is 0.379. The Bertz CT molecular complexity index is 194. The monoisotopic (exact) mass is 221 g/mol. The van der Waals surface area contributed by atoms with Crippen LogP contribution in [0.1, 0.15) is 20.8 Å². The summed E-state index contributed by atoms with van der Waals surface area (Å²) in [5, 5.41) is 9.29. The van der Waals surface area contributed by atoms with E-state index in [0.717, 1.165) is 0 Å². The van der Waals surface area contributed by atoms with Crippen molar-refractivity contribution >= 4 is 17.7 Å². The van der Waals surface area contributed by atoms with Crippen LogP contribution < -0.4 is 5.73 Å². The molecule has 0 saturated heterocycles. The number of aliphatic hydroxyl groups excluding tert-OH is 1. The lowest BCUT2D eigenvalue weighted by Gasteiger charge is -2.23. The highest BCUT2D eigenvalue weighted by Crippen LogP contribution is 2.19. The molecule has 0 aliphatic carbocycles. The molecule has 0 aliphatic heterocycles. The van der Waals surface area contributed by atoms with Gasteiger partial charge in [-0.05, 0) is 13.8 Å². The van der Waals surface area contributed by atoms with Gasteiger partial charge in [0.15, 0.2) is 0 Å². The summed E-state index contributed by atoms with van der Waals surface area (Å²) in [6, 6.07) is 0. The molecule has 3 atom stereocenters. The Morgan fingerprint density at radius 1 is 1.64 bits per heavy atom. The van der Waals surface area contributed by atoms with E-state index in [2.05, 4.69) is 4.74 Å². The van der Waals surface area contributed by atoms with Crippen molar-refractivity contribution in [1.82, 2.24) is 0 Å². The minimum atomic E-state index is -0.984. The van der Waals surface area contributed by atoms with Crippen molar-refractivity contribution in [3.8, 4) is 0 Å². The number of hydrogen-bond donors (Lipinski definition) is 2. The van der Waals surface area contributed by atoms with Crippen LogP contribution in [-0.4, -0.2) is 40.8 Å². The number of hydrogen-bond acceptors (Lipinski definition) is 5. The first-order valence-electron chi connectivity index (χ1n) is 4.48. The van der Waals surface area contributed by atoms with Gasteiger partial charge in [0.1, 0.15) is 5.54 Å². The molecule has 3 N–H and O–H groups in total. The molecule has 0 saturated carbocycles. The van der Waals surface area contributed by atoms with Crippen LogP contribution in [0.3, 0.4) is 0 Å². The summed E-state index contributed by atoms with van der Waals surface area (Å²) in [7, 11) is 1.32. The standard InChI is InChI=1S/C9H19NO3S/c1-6(11)7(2)14-5-9(3,10)8(12)13-4/h6-7,11H,5,10H2,1-4H3. The van der Waals surface area contributed by atoms with E-state index >= 15 is 0 Å². The molecular formula is C9H19NO3S. The summed E-state index contributed by atoms with van der Waals surface area (Å²) in [6.07, 6.45) is -0.409. The number of nitrogens with two attached hydrogens (primary N) is 1. The van der Waals surface area contributed by atoms with E-state index in [-0.39, 0.29) is 5.25 Å². The van der Waals surface area contributed by atoms with Crippen LogP contribution in [-0.2, 0) is 9.53 Å². The highest BCUT2D eigenvalue weighted by Gasteiger charge is 2.30. The van der Waals surface area contributed by atoms with Crippen molar-refractivity contribution in [2.24, 2.45) is 5.73 Å². The van der Waals surface area contributed by atoms with E-state index in [1.165, 1.54) is 18.9 Å². The lowest BCUT2D eigenvalue weighted by Crippen LogP contribution is -2.48. The second-order valence-corrected chi connectivity index (χ2v) is 5.03. The Morgan fingerprint density at radius 3 is 2.50 bits per heavy atom. The fraction of sp³-hybridized carbons (Fsp3) is 0.889. The van der Waals surface area contributed by atoms with Gasteiger partial charge >= 0.3 is 5.97 Å². The minimum Gasteiger partial charge on any atom is -0.468 e. The second-order valence-electron chi connectivity index (χ2n) is 3.67. The van der Waals surface area contributed by atoms with Crippen LogP contribution in [0.4, 0.5) is 0 Å². The molecule has 0 amide bonds. The Hall–Kier alpha value is -0.260. The van der Waals surface area contributed by atoms with Gasteiger partial charge in [0.2, 0.25) is 0 Å². The molecule has 0 spiro atoms. The number of rotatable bonds is 5. The van der Waals surface area contributed by atoms with Gasteiger partial charge in [-0.2, -0.15) is 11.8 Å². The molecule has 84 valence electrons. The predicted molar refractivity (Wildman–Crippen MR) is 58.2 cm³/mol. The largest absolute Gasteiger partial charge is 0.468 e. The second kappa shape index (κ2) is 5.58. The lowest BCUT2D eigenvalue weighted by atomic mass is 10.1. The summed E-state index contributed by atoms with van der Waals surface area (Å²) in [5.41, 5.74) is 4.76. The molecule has 3 unspecified atom stereocenters. The minimum absolute atomic E-state index is 0.0579. The van der Waals surface area contributed by atoms with E-state index in [0.29, 0.717) is 5.75 Å². The first-order chi connectivity index (χ1) is 6.31. The van der Waals surface area contributed by atoms with E-state index in [1.54, 1.807) is 13.8 Å². The molecule has 0 fully saturated rings. The quantitative estimate of drug-likeness (QED) is 0.657. The highest BCUT2D eigenvalue weighted by molar-refractivity contribution is 8.00. The smallest absolute Gasteiger partial charge is 0.326 e. The third-order valence-corrected chi connectivity index (χ3v) is 3.66. The summed E-state index contributed by atoms with van der Waals surface area (Å²) >= 11 is 1.46. The van der Waals surface area contributed by atoms with Crippen molar-refractivity contribution in [3.63, 3.8) is 0 Å². The molecule has 0 bridgehead atoms. The molecule has 14 heavy (non-hydrogen) atoms. The maximum absolute atomic E-state index is 11.2. The Balaban J connectivity index is 4.05. The van der Waals surface area contributed by atoms with Crippen LogP contribution in [0.15, 0.2) is 0 Å². The van der Waals surface area contributed by atoms with Crippen molar-refractivity contribution in [2.75, 3.05) is 12.9 Å². The van der Waals surface area contributed by atoms with E-state index in [4.69, 9.17) is 5.73 Å². The molecule has 0 aromatic heterocycles. The fourth-order valence-corrected chi connectivity index (χ4v) is 1.74. The third-order valence-electron chi connectivity index (χ3n) is 1.98. The Kier molecular flexibility index (Phi) is 5.48. The number of ether oxygens (including phenoxy) is 1. The van der Waals surface area contributed by atoms with Crippen molar-refractivity contribution in [1.29, 1.82) is 0 Å². The molecule has 5 heteroatoms. The number of aliphatic hydroxyl groups is 1. The van der Waals surface area contributed by atoms with E-state index < -0.39 is 17.6 Å². The van der Waals surface area contributed by atoms with Gasteiger partial charge < -0.3 is 15.6 Å². The Morgan fingerprint density at radius 2 is 2.14 bits per heavy atom. The average Bonchev–Trinajstić information content (AvgIpc) is 2.12. The topological polar surface area (TPSA) is 72.5 Å². The maximum Gasteiger partial charge on any atom is 0.326 e. The molecule has 0 rings (SSSR count). The van der Waals surface area contributed by atoms with Gasteiger partial charge in [0.25, 0.3) is 0 Å². The van der Waals surface area contributed by atoms with E-state index in [9.17, 15) is 9.90 Å². The first-order valence-corrected chi connectivity index (χ1v) is 5.53. The molecule has 0 aromatic rings. The van der Waals surface area contributed by atoms with Gasteiger partial charge in [-0.3, -0.25) is 4.79 Å². The molecule has 0 aromatic carbocycles. The molecular weight excluding hydrogens is 202 g/mol. The van der Waals surface area contributed by atoms with Crippen molar-refractivity contribution in [2.45, 2.75) is 37.7 Å². The third kappa shape index (κ3) is 4.30. The SMILES string of the molecule is COC(=O)C(C)(N)CSC(C)C(C)O. The zero-order valence-electron chi connectivity index (χ0n) is 9.11. The van der Waals surface area contributed by atoms with Crippen LogP contribution >= 0.6 is 11.8 Å². The first kappa shape index (κ1) is 13.7. The van der Waals surface area contributed by atoms with Crippen molar-refractivity contribution < 1.29 is 14.6 Å². The van der Waals surface area contributed by atoms with Crippen LogP contribution in [0.2, 0.25) is 0 Å². The van der Waals surface area contributed by atoms with Crippen LogP contribution in [0, 0.1) is 0 Å². The van der Waals surface area contributed by atoms with Gasteiger partial charge in [-0.25, -0.2) is 0 Å². The summed E-state index contributed by atoms with van der Waals surface area (Å²) in [5.74, 6) is 0.00828. The highest BCUT2D eigenvalue weighted by atomic mass is 32.2. The number of thioether (sulfide) groups is 1. The summed E-state index contributed by atoms with van der Waals surface area (Å²) in [6.45, 7) is 5.23. The number of esters is 1. The van der Waals surface area contributed by atoms with Gasteiger partial charge in [0, 0.05) is 11.0 Å². The number of methoxy groups -OCH3 is 1. The maximum atomic E-state index is 11.2. The van der Waals surface area contributed by atoms with Gasteiger partial charge in [-0.15, -0.1) is 0 Å². The van der Waals surface area contributed by atoms with Crippen molar-refractivity contribution in [3.05, 3.63) is 0 Å². The number of carbonyl (C=O) groups excluding carboxylic acids is 1. The summed E-state index contributed by atoms with van der Waals surface area (Å²) in [4.78, 5) is 11.2. The Labute approximate surface area is 89.2 Å². The van der Waals surface area contributed by atoms with Crippen LogP contribution in [0.5, 0.6) is 0 Å². The summed E-state index contributed by atoms with van der Waals surface area (Å²) < 4.78 is 4.57. The fourth-order valence-electron chi connectivity index (χ4n) is 0.736. The molecule has 4 nitrogen and oxygen atoms in total. The van der Waals surface area contributed by atoms with Crippen LogP contribution in [0.25, 0.3) is 0 Å². The average molecular weight is 221 g/mol. The van der Waals surface area contributed by atoms with E-state index in [1.807, 2.05) is 6.92 Å². The molecule has 0 aliphatic rings. The normalized spacial score (nSPS) is 19.6. The zero-order valence-corrected chi connectivity index (χ0v) is 9.93. The zero-order chi connectivity index (χ0) is 11.4. The van der Waals surface area contributed by atoms with Gasteiger partial charge in [0.05, 0.1) is 13.2 Å². The lowest BCUT2D eigenvalue weighted by molar-refractivity contribution is -0.145. The molecule has 0 radical (unpaired) electrons.